The van der Waals surface area contributed by atoms with Crippen LogP contribution in [0.15, 0.2) is 36.4 Å². The highest BCUT2D eigenvalue weighted by Gasteiger charge is 2.42. The van der Waals surface area contributed by atoms with E-state index in [1.54, 1.807) is 0 Å². The van der Waals surface area contributed by atoms with E-state index in [1.165, 1.54) is 4.90 Å². The molecule has 2 amide bonds. The van der Waals surface area contributed by atoms with Gasteiger partial charge in [-0.3, -0.25) is 9.59 Å². The number of nitrogens with one attached hydrogen (secondary N) is 1. The lowest BCUT2D eigenvalue weighted by atomic mass is 9.86. The molecule has 0 aliphatic carbocycles. The van der Waals surface area contributed by atoms with Crippen molar-refractivity contribution < 1.29 is 14.7 Å². The van der Waals surface area contributed by atoms with E-state index in [2.05, 4.69) is 5.32 Å². The number of fused-ring (bicyclic) bond motifs is 1. The fraction of sp³-hybridized carbons (Fsp3) is 0.455. The van der Waals surface area contributed by atoms with Gasteiger partial charge in [0.05, 0.1) is 12.1 Å². The Labute approximate surface area is 176 Å². The minimum absolute atomic E-state index is 0.122. The van der Waals surface area contributed by atoms with Crippen molar-refractivity contribution >= 4 is 34.2 Å². The lowest BCUT2D eigenvalue weighted by molar-refractivity contribution is -0.141. The van der Waals surface area contributed by atoms with Crippen LogP contribution in [-0.4, -0.2) is 46.6 Å². The van der Waals surface area contributed by atoms with Gasteiger partial charge in [0.25, 0.3) is 0 Å². The van der Waals surface area contributed by atoms with Crippen molar-refractivity contribution in [3.05, 3.63) is 47.0 Å². The van der Waals surface area contributed by atoms with Crippen molar-refractivity contribution in [1.82, 2.24) is 10.2 Å². The molecule has 0 radical (unpaired) electrons. The molecule has 1 aliphatic heterocycles. The van der Waals surface area contributed by atoms with E-state index in [0.29, 0.717) is 11.6 Å². The summed E-state index contributed by atoms with van der Waals surface area (Å²) in [5.41, 5.74) is 6.61. The maximum absolute atomic E-state index is 12.8. The van der Waals surface area contributed by atoms with Gasteiger partial charge in [-0.25, -0.2) is 0 Å². The molecule has 1 fully saturated rings. The van der Waals surface area contributed by atoms with Gasteiger partial charge in [-0.2, -0.15) is 0 Å². The van der Waals surface area contributed by atoms with E-state index in [9.17, 15) is 14.7 Å². The SMILES string of the molecule is CC(C)(C)[C@H](N)C(=O)N1C[C@H](O)C[C@H]1C(=O)NCc1ccc2cc(Cl)ccc2c1. The van der Waals surface area contributed by atoms with Gasteiger partial charge in [0.15, 0.2) is 0 Å². The third kappa shape index (κ3) is 4.89. The Morgan fingerprint density at radius 3 is 2.59 bits per heavy atom. The van der Waals surface area contributed by atoms with Gasteiger partial charge >= 0.3 is 0 Å². The van der Waals surface area contributed by atoms with Crippen LogP contribution in [0.25, 0.3) is 10.8 Å². The standard InChI is InChI=1S/C22H28ClN3O3/c1-22(2,3)19(24)21(29)26-12-17(27)10-18(26)20(28)25-11-13-4-5-15-9-16(23)7-6-14(15)8-13/h4-9,17-19,27H,10-12,24H2,1-3H3,(H,25,28)/t17-,18+,19-/m1/s1. The molecule has 1 aliphatic rings. The molecule has 6 nitrogen and oxygen atoms in total. The molecule has 0 unspecified atom stereocenters. The van der Waals surface area contributed by atoms with Gasteiger partial charge in [0.1, 0.15) is 6.04 Å². The van der Waals surface area contributed by atoms with Crippen molar-refractivity contribution in [1.29, 1.82) is 0 Å². The zero-order valence-corrected chi connectivity index (χ0v) is 17.7. The molecule has 1 saturated heterocycles. The first-order valence-corrected chi connectivity index (χ1v) is 10.1. The Kier molecular flexibility index (Phi) is 6.17. The first-order chi connectivity index (χ1) is 13.6. The first-order valence-electron chi connectivity index (χ1n) is 9.76. The van der Waals surface area contributed by atoms with Crippen molar-refractivity contribution in [2.75, 3.05) is 6.54 Å². The summed E-state index contributed by atoms with van der Waals surface area (Å²) >= 11 is 6.02. The average molecular weight is 418 g/mol. The van der Waals surface area contributed by atoms with Crippen LogP contribution in [0.2, 0.25) is 5.02 Å². The Morgan fingerprint density at radius 1 is 1.24 bits per heavy atom. The number of carbonyl (C=O) groups is 2. The summed E-state index contributed by atoms with van der Waals surface area (Å²) in [6.07, 6.45) is -0.516. The van der Waals surface area contributed by atoms with Crippen molar-refractivity contribution in [2.45, 2.75) is 51.9 Å². The van der Waals surface area contributed by atoms with Crippen LogP contribution in [0.5, 0.6) is 0 Å². The van der Waals surface area contributed by atoms with Crippen LogP contribution in [0.1, 0.15) is 32.8 Å². The molecule has 2 aromatic carbocycles. The second-order valence-electron chi connectivity index (χ2n) is 8.78. The number of carbonyl (C=O) groups excluding carboxylic acids is 2. The molecule has 2 aromatic rings. The smallest absolute Gasteiger partial charge is 0.243 e. The fourth-order valence-corrected chi connectivity index (χ4v) is 3.72. The van der Waals surface area contributed by atoms with Gasteiger partial charge < -0.3 is 21.1 Å². The molecule has 29 heavy (non-hydrogen) atoms. The van der Waals surface area contributed by atoms with Gasteiger partial charge in [0, 0.05) is 24.5 Å². The number of benzene rings is 2. The van der Waals surface area contributed by atoms with E-state index in [4.69, 9.17) is 17.3 Å². The third-order valence-electron chi connectivity index (χ3n) is 5.40. The van der Waals surface area contributed by atoms with Gasteiger partial charge in [-0.05, 0) is 39.9 Å². The van der Waals surface area contributed by atoms with Crippen LogP contribution in [0, 0.1) is 5.41 Å². The summed E-state index contributed by atoms with van der Waals surface area (Å²) in [5.74, 6) is -0.594. The number of amides is 2. The third-order valence-corrected chi connectivity index (χ3v) is 5.63. The molecule has 4 N–H and O–H groups in total. The number of nitrogens with two attached hydrogens (primary N) is 1. The number of likely N-dealkylation sites (tertiary alicyclic amines) is 1. The minimum Gasteiger partial charge on any atom is -0.391 e. The molecule has 3 atom stereocenters. The minimum atomic E-state index is -0.740. The van der Waals surface area contributed by atoms with E-state index >= 15 is 0 Å². The second kappa shape index (κ2) is 8.30. The number of halogens is 1. The molecule has 3 rings (SSSR count). The van der Waals surface area contributed by atoms with Crippen molar-refractivity contribution in [3.63, 3.8) is 0 Å². The highest BCUT2D eigenvalue weighted by molar-refractivity contribution is 6.31. The monoisotopic (exact) mass is 417 g/mol. The fourth-order valence-electron chi connectivity index (χ4n) is 3.54. The quantitative estimate of drug-likeness (QED) is 0.711. The second-order valence-corrected chi connectivity index (χ2v) is 9.22. The zero-order chi connectivity index (χ0) is 21.3. The van der Waals surface area contributed by atoms with Crippen LogP contribution in [0.4, 0.5) is 0 Å². The molecule has 1 heterocycles. The molecular formula is C22H28ClN3O3. The molecule has 7 heteroatoms. The lowest BCUT2D eigenvalue weighted by Crippen LogP contribution is -2.54. The highest BCUT2D eigenvalue weighted by atomic mass is 35.5. The molecule has 0 aromatic heterocycles. The maximum Gasteiger partial charge on any atom is 0.243 e. The molecule has 0 spiro atoms. The Morgan fingerprint density at radius 2 is 1.90 bits per heavy atom. The number of aliphatic hydroxyl groups excluding tert-OH is 1. The van der Waals surface area contributed by atoms with E-state index in [0.717, 1.165) is 16.3 Å². The highest BCUT2D eigenvalue weighted by Crippen LogP contribution is 2.25. The lowest BCUT2D eigenvalue weighted by Gasteiger charge is -2.32. The van der Waals surface area contributed by atoms with Crippen LogP contribution in [-0.2, 0) is 16.1 Å². The van der Waals surface area contributed by atoms with Crippen LogP contribution in [0.3, 0.4) is 0 Å². The Bertz CT molecular complexity index is 925. The summed E-state index contributed by atoms with van der Waals surface area (Å²) in [4.78, 5) is 27.0. The average Bonchev–Trinajstić information content (AvgIpc) is 3.06. The molecule has 0 saturated carbocycles. The van der Waals surface area contributed by atoms with E-state index in [1.807, 2.05) is 57.2 Å². The van der Waals surface area contributed by atoms with Crippen LogP contribution < -0.4 is 11.1 Å². The molecule has 156 valence electrons. The maximum atomic E-state index is 12.8. The number of rotatable bonds is 4. The molecular weight excluding hydrogens is 390 g/mol. The number of hydrogen-bond donors (Lipinski definition) is 3. The number of nitrogens with zero attached hydrogens (tertiary/aromatic N) is 1. The summed E-state index contributed by atoms with van der Waals surface area (Å²) in [6, 6.07) is 10.1. The molecule has 0 bridgehead atoms. The van der Waals surface area contributed by atoms with E-state index < -0.39 is 23.6 Å². The van der Waals surface area contributed by atoms with E-state index in [-0.39, 0.29) is 24.8 Å². The topological polar surface area (TPSA) is 95.7 Å². The predicted octanol–water partition coefficient (Wildman–Crippen LogP) is 2.44. The number of β-amino-alcohol motifs (C(OH)–C–C–N with tert-alkyl or cyclic N) is 1. The van der Waals surface area contributed by atoms with Gasteiger partial charge in [0.2, 0.25) is 11.8 Å². The zero-order valence-electron chi connectivity index (χ0n) is 17.0. The predicted molar refractivity (Wildman–Crippen MR) is 114 cm³/mol. The Balaban J connectivity index is 1.68. The van der Waals surface area contributed by atoms with Crippen LogP contribution >= 0.6 is 11.6 Å². The Hall–Kier alpha value is -2.15. The number of hydrogen-bond acceptors (Lipinski definition) is 4. The normalized spacial score (nSPS) is 20.7. The van der Waals surface area contributed by atoms with Crippen molar-refractivity contribution in [3.8, 4) is 0 Å². The summed E-state index contributed by atoms with van der Waals surface area (Å²) < 4.78 is 0. The first kappa shape index (κ1) is 21.6. The van der Waals surface area contributed by atoms with Gasteiger partial charge in [-0.1, -0.05) is 50.6 Å². The summed E-state index contributed by atoms with van der Waals surface area (Å²) in [6.45, 7) is 6.09. The largest absolute Gasteiger partial charge is 0.391 e. The van der Waals surface area contributed by atoms with Crippen molar-refractivity contribution in [2.24, 2.45) is 11.1 Å². The number of aliphatic hydroxyl groups is 1. The summed E-state index contributed by atoms with van der Waals surface area (Å²) in [5, 5.41) is 15.7. The summed E-state index contributed by atoms with van der Waals surface area (Å²) in [7, 11) is 0. The van der Waals surface area contributed by atoms with Gasteiger partial charge in [-0.15, -0.1) is 0 Å².